The second-order valence-corrected chi connectivity index (χ2v) is 6.27. The van der Waals surface area contributed by atoms with E-state index in [0.29, 0.717) is 5.78 Å². The summed E-state index contributed by atoms with van der Waals surface area (Å²) in [5, 5.41) is 0. The average molecular weight is 240 g/mol. The van der Waals surface area contributed by atoms with E-state index in [1.165, 1.54) is 25.7 Å². The fourth-order valence-electron chi connectivity index (χ4n) is 2.16. The predicted octanol–water partition coefficient (Wildman–Crippen LogP) is 5.38. The molecule has 0 bridgehead atoms. The van der Waals surface area contributed by atoms with Gasteiger partial charge in [0.2, 0.25) is 0 Å². The first-order valence-corrected chi connectivity index (χ1v) is 7.45. The number of unbranched alkanes of at least 4 members (excludes halogenated alkanes) is 2. The molecule has 0 aliphatic rings. The Bertz CT molecular complexity index is 208. The van der Waals surface area contributed by atoms with Crippen LogP contribution in [-0.2, 0) is 4.79 Å². The number of rotatable bonds is 10. The lowest BCUT2D eigenvalue weighted by Gasteiger charge is -2.28. The summed E-state index contributed by atoms with van der Waals surface area (Å²) in [6, 6.07) is 0. The molecule has 102 valence electrons. The van der Waals surface area contributed by atoms with Crippen molar-refractivity contribution in [1.82, 2.24) is 0 Å². The van der Waals surface area contributed by atoms with Crippen LogP contribution in [-0.4, -0.2) is 5.78 Å². The van der Waals surface area contributed by atoms with Gasteiger partial charge in [0, 0.05) is 12.8 Å². The van der Waals surface area contributed by atoms with Crippen molar-refractivity contribution < 1.29 is 4.79 Å². The first-order valence-electron chi connectivity index (χ1n) is 7.45. The Hall–Kier alpha value is -0.330. The lowest BCUT2D eigenvalue weighted by atomic mass is 9.76. The SMILES string of the molecule is CCCCCC(=O)CC(C)(CC)CCC(C)C. The molecule has 0 saturated heterocycles. The largest absolute Gasteiger partial charge is 0.300 e. The van der Waals surface area contributed by atoms with Crippen LogP contribution in [0.1, 0.15) is 86.0 Å². The van der Waals surface area contributed by atoms with Gasteiger partial charge in [-0.15, -0.1) is 0 Å². The molecule has 0 fully saturated rings. The first kappa shape index (κ1) is 16.7. The molecule has 0 aromatic heterocycles. The third-order valence-electron chi connectivity index (χ3n) is 3.86. The highest BCUT2D eigenvalue weighted by Gasteiger charge is 2.25. The van der Waals surface area contributed by atoms with Crippen LogP contribution in [0, 0.1) is 11.3 Å². The second-order valence-electron chi connectivity index (χ2n) is 6.27. The van der Waals surface area contributed by atoms with Gasteiger partial charge in [-0.05, 0) is 24.2 Å². The molecule has 1 heteroatoms. The van der Waals surface area contributed by atoms with Gasteiger partial charge >= 0.3 is 0 Å². The minimum Gasteiger partial charge on any atom is -0.300 e. The van der Waals surface area contributed by atoms with Crippen molar-refractivity contribution in [2.75, 3.05) is 0 Å². The zero-order valence-corrected chi connectivity index (χ0v) is 12.6. The summed E-state index contributed by atoms with van der Waals surface area (Å²) in [5.74, 6) is 1.22. The minimum absolute atomic E-state index is 0.244. The summed E-state index contributed by atoms with van der Waals surface area (Å²) >= 11 is 0. The molecule has 0 N–H and O–H groups in total. The van der Waals surface area contributed by atoms with Gasteiger partial charge in [-0.1, -0.05) is 60.3 Å². The zero-order valence-electron chi connectivity index (χ0n) is 12.6. The van der Waals surface area contributed by atoms with E-state index in [9.17, 15) is 4.79 Å². The van der Waals surface area contributed by atoms with E-state index in [1.54, 1.807) is 0 Å². The van der Waals surface area contributed by atoms with Gasteiger partial charge < -0.3 is 0 Å². The highest BCUT2D eigenvalue weighted by atomic mass is 16.1. The number of carbonyl (C=O) groups is 1. The highest BCUT2D eigenvalue weighted by Crippen LogP contribution is 2.33. The maximum atomic E-state index is 11.9. The monoisotopic (exact) mass is 240 g/mol. The molecule has 0 aromatic rings. The van der Waals surface area contributed by atoms with Crippen LogP contribution in [0.4, 0.5) is 0 Å². The van der Waals surface area contributed by atoms with Crippen molar-refractivity contribution in [3.05, 3.63) is 0 Å². The van der Waals surface area contributed by atoms with E-state index >= 15 is 0 Å². The molecule has 0 aromatic carbocycles. The summed E-state index contributed by atoms with van der Waals surface area (Å²) in [6.45, 7) is 11.2. The highest BCUT2D eigenvalue weighted by molar-refractivity contribution is 5.79. The standard InChI is InChI=1S/C16H32O/c1-6-8-9-10-15(17)13-16(5,7-2)12-11-14(3)4/h14H,6-13H2,1-5H3. The van der Waals surface area contributed by atoms with Gasteiger partial charge in [0.25, 0.3) is 0 Å². The molecule has 1 nitrogen and oxygen atoms in total. The maximum Gasteiger partial charge on any atom is 0.133 e. The van der Waals surface area contributed by atoms with Crippen molar-refractivity contribution >= 4 is 5.78 Å². The molecule has 0 saturated carbocycles. The number of carbonyl (C=O) groups excluding carboxylic acids is 1. The van der Waals surface area contributed by atoms with Crippen molar-refractivity contribution in [2.24, 2.45) is 11.3 Å². The van der Waals surface area contributed by atoms with Gasteiger partial charge in [0.1, 0.15) is 5.78 Å². The molecule has 0 spiro atoms. The molecule has 0 aliphatic carbocycles. The third kappa shape index (κ3) is 8.40. The molecular weight excluding hydrogens is 208 g/mol. The molecule has 0 radical (unpaired) electrons. The summed E-state index contributed by atoms with van der Waals surface area (Å²) < 4.78 is 0. The van der Waals surface area contributed by atoms with Gasteiger partial charge in [-0.25, -0.2) is 0 Å². The van der Waals surface area contributed by atoms with Gasteiger partial charge in [0.05, 0.1) is 0 Å². The fraction of sp³-hybridized carbons (Fsp3) is 0.938. The Kier molecular flexibility index (Phi) is 8.55. The fourth-order valence-corrected chi connectivity index (χ4v) is 2.16. The third-order valence-corrected chi connectivity index (χ3v) is 3.86. The van der Waals surface area contributed by atoms with Crippen LogP contribution in [0.2, 0.25) is 0 Å². The van der Waals surface area contributed by atoms with Gasteiger partial charge in [0.15, 0.2) is 0 Å². The number of hydrogen-bond donors (Lipinski definition) is 0. The molecular formula is C16H32O. The maximum absolute atomic E-state index is 11.9. The van der Waals surface area contributed by atoms with Crippen molar-refractivity contribution in [3.63, 3.8) is 0 Å². The van der Waals surface area contributed by atoms with Crippen LogP contribution in [0.25, 0.3) is 0 Å². The lowest BCUT2D eigenvalue weighted by Crippen LogP contribution is -2.20. The van der Waals surface area contributed by atoms with Crippen molar-refractivity contribution in [2.45, 2.75) is 86.0 Å². The van der Waals surface area contributed by atoms with Crippen LogP contribution in [0.15, 0.2) is 0 Å². The van der Waals surface area contributed by atoms with E-state index in [4.69, 9.17) is 0 Å². The first-order chi connectivity index (χ1) is 7.93. The smallest absolute Gasteiger partial charge is 0.133 e. The van der Waals surface area contributed by atoms with E-state index in [2.05, 4.69) is 34.6 Å². The Labute approximate surface area is 108 Å². The summed E-state index contributed by atoms with van der Waals surface area (Å²) in [5.41, 5.74) is 0.244. The number of hydrogen-bond acceptors (Lipinski definition) is 1. The van der Waals surface area contributed by atoms with E-state index in [0.717, 1.165) is 31.6 Å². The molecule has 0 rings (SSSR count). The van der Waals surface area contributed by atoms with Crippen LogP contribution < -0.4 is 0 Å². The number of Topliss-reactive ketones (excluding diaryl/α,β-unsaturated/α-hetero) is 1. The van der Waals surface area contributed by atoms with E-state index < -0.39 is 0 Å². The van der Waals surface area contributed by atoms with Crippen LogP contribution >= 0.6 is 0 Å². The Morgan fingerprint density at radius 2 is 1.82 bits per heavy atom. The summed E-state index contributed by atoms with van der Waals surface area (Å²) in [6.07, 6.45) is 8.63. The normalized spacial score (nSPS) is 14.9. The Morgan fingerprint density at radius 1 is 1.18 bits per heavy atom. The summed E-state index contributed by atoms with van der Waals surface area (Å²) in [7, 11) is 0. The topological polar surface area (TPSA) is 17.1 Å². The van der Waals surface area contributed by atoms with Gasteiger partial charge in [-0.2, -0.15) is 0 Å². The molecule has 1 unspecified atom stereocenters. The summed E-state index contributed by atoms with van der Waals surface area (Å²) in [4.78, 5) is 11.9. The van der Waals surface area contributed by atoms with Crippen molar-refractivity contribution in [1.29, 1.82) is 0 Å². The predicted molar refractivity (Wildman–Crippen MR) is 76.2 cm³/mol. The second kappa shape index (κ2) is 8.72. The molecule has 1 atom stereocenters. The Balaban J connectivity index is 4.03. The quantitative estimate of drug-likeness (QED) is 0.469. The van der Waals surface area contributed by atoms with E-state index in [-0.39, 0.29) is 5.41 Å². The molecule has 17 heavy (non-hydrogen) atoms. The van der Waals surface area contributed by atoms with E-state index in [1.807, 2.05) is 0 Å². The number of ketones is 1. The van der Waals surface area contributed by atoms with Crippen molar-refractivity contribution in [3.8, 4) is 0 Å². The van der Waals surface area contributed by atoms with Crippen LogP contribution in [0.5, 0.6) is 0 Å². The Morgan fingerprint density at radius 3 is 2.29 bits per heavy atom. The molecule has 0 heterocycles. The average Bonchev–Trinajstić information content (AvgIpc) is 2.27. The van der Waals surface area contributed by atoms with Crippen LogP contribution in [0.3, 0.4) is 0 Å². The lowest BCUT2D eigenvalue weighted by molar-refractivity contribution is -0.121. The molecule has 0 amide bonds. The van der Waals surface area contributed by atoms with Gasteiger partial charge in [-0.3, -0.25) is 4.79 Å². The zero-order chi connectivity index (χ0) is 13.3. The molecule has 0 aliphatic heterocycles. The minimum atomic E-state index is 0.244.